The van der Waals surface area contributed by atoms with Gasteiger partial charge in [0.05, 0.1) is 6.04 Å². The highest BCUT2D eigenvalue weighted by molar-refractivity contribution is 7.91. The molecular weight excluding hydrogens is 374 g/mol. The number of benzene rings is 1. The van der Waals surface area contributed by atoms with Crippen LogP contribution in [0.3, 0.4) is 0 Å². The van der Waals surface area contributed by atoms with Crippen LogP contribution in [-0.2, 0) is 21.4 Å². The predicted molar refractivity (Wildman–Crippen MR) is 89.0 cm³/mol. The molecule has 1 unspecified atom stereocenters. The van der Waals surface area contributed by atoms with Crippen LogP contribution in [0.15, 0.2) is 46.0 Å². The van der Waals surface area contributed by atoms with Gasteiger partial charge >= 0.3 is 6.61 Å². The number of amides is 1. The van der Waals surface area contributed by atoms with Crippen molar-refractivity contribution in [2.24, 2.45) is 0 Å². The van der Waals surface area contributed by atoms with E-state index in [1.807, 2.05) is 0 Å². The molecule has 1 aromatic heterocycles. The Morgan fingerprint density at radius 3 is 2.48 bits per heavy atom. The number of halogens is 2. The van der Waals surface area contributed by atoms with E-state index < -0.39 is 28.6 Å². The van der Waals surface area contributed by atoms with Gasteiger partial charge in [-0.2, -0.15) is 13.5 Å². The van der Waals surface area contributed by atoms with Gasteiger partial charge in [0.2, 0.25) is 5.91 Å². The van der Waals surface area contributed by atoms with Crippen molar-refractivity contribution >= 4 is 27.3 Å². The Bertz CT molecular complexity index is 793. The second-order valence-electron chi connectivity index (χ2n) is 5.02. The zero-order chi connectivity index (χ0) is 18.4. The fourth-order valence-electron chi connectivity index (χ4n) is 1.89. The second kappa shape index (κ2) is 8.37. The molecule has 0 saturated carbocycles. The number of hydrogen-bond donors (Lipinski definition) is 2. The Hall–Kier alpha value is -2.04. The first-order valence-corrected chi connectivity index (χ1v) is 9.51. The highest BCUT2D eigenvalue weighted by Gasteiger charge is 2.22. The largest absolute Gasteiger partial charge is 0.435 e. The molecular formula is C15H16F2N2O4S2. The van der Waals surface area contributed by atoms with Crippen molar-refractivity contribution in [2.75, 3.05) is 0 Å². The lowest BCUT2D eigenvalue weighted by Gasteiger charge is -2.14. The summed E-state index contributed by atoms with van der Waals surface area (Å²) in [6.45, 7) is -1.35. The van der Waals surface area contributed by atoms with Crippen LogP contribution in [0.1, 0.15) is 12.5 Å². The van der Waals surface area contributed by atoms with E-state index in [9.17, 15) is 22.0 Å². The zero-order valence-corrected chi connectivity index (χ0v) is 14.7. The van der Waals surface area contributed by atoms with E-state index in [0.29, 0.717) is 5.56 Å². The third-order valence-electron chi connectivity index (χ3n) is 3.10. The lowest BCUT2D eigenvalue weighted by atomic mass is 10.2. The normalized spacial score (nSPS) is 12.8. The van der Waals surface area contributed by atoms with Crippen LogP contribution in [0.5, 0.6) is 5.75 Å². The maximum absolute atomic E-state index is 12.1. The van der Waals surface area contributed by atoms with Gasteiger partial charge in [-0.1, -0.05) is 18.2 Å². The minimum absolute atomic E-state index is 0.0159. The third-order valence-corrected chi connectivity index (χ3v) is 6.04. The summed E-state index contributed by atoms with van der Waals surface area (Å²) < 4.78 is 54.9. The molecule has 0 radical (unpaired) electrons. The average molecular weight is 390 g/mol. The molecule has 2 aromatic rings. The first kappa shape index (κ1) is 19.3. The molecule has 136 valence electrons. The van der Waals surface area contributed by atoms with E-state index in [4.69, 9.17) is 0 Å². The molecule has 1 aromatic carbocycles. The van der Waals surface area contributed by atoms with E-state index in [1.54, 1.807) is 11.4 Å². The van der Waals surface area contributed by atoms with E-state index in [0.717, 1.165) is 11.3 Å². The summed E-state index contributed by atoms with van der Waals surface area (Å²) in [6, 6.07) is 7.85. The highest BCUT2D eigenvalue weighted by Crippen LogP contribution is 2.16. The van der Waals surface area contributed by atoms with E-state index >= 15 is 0 Å². The summed E-state index contributed by atoms with van der Waals surface area (Å²) in [6.07, 6.45) is 0. The molecule has 25 heavy (non-hydrogen) atoms. The number of rotatable bonds is 8. The van der Waals surface area contributed by atoms with Crippen molar-refractivity contribution in [1.82, 2.24) is 10.0 Å². The molecule has 2 rings (SSSR count). The van der Waals surface area contributed by atoms with Crippen LogP contribution >= 0.6 is 11.3 Å². The maximum atomic E-state index is 12.1. The number of hydrogen-bond acceptors (Lipinski definition) is 5. The van der Waals surface area contributed by atoms with E-state index in [1.165, 1.54) is 37.3 Å². The molecule has 0 aliphatic carbocycles. The third kappa shape index (κ3) is 5.76. The number of carbonyl (C=O) groups is 1. The summed E-state index contributed by atoms with van der Waals surface area (Å²) in [5.74, 6) is -0.491. The molecule has 1 heterocycles. The van der Waals surface area contributed by atoms with E-state index in [-0.39, 0.29) is 16.5 Å². The van der Waals surface area contributed by atoms with Gasteiger partial charge in [-0.05, 0) is 36.1 Å². The smallest absolute Gasteiger partial charge is 0.387 e. The summed E-state index contributed by atoms with van der Waals surface area (Å²) in [5.41, 5.74) is 0.656. The maximum Gasteiger partial charge on any atom is 0.387 e. The molecule has 0 fully saturated rings. The van der Waals surface area contributed by atoms with E-state index in [2.05, 4.69) is 14.8 Å². The number of sulfonamides is 1. The molecule has 0 saturated heterocycles. The van der Waals surface area contributed by atoms with Crippen molar-refractivity contribution in [3.63, 3.8) is 0 Å². The standard InChI is InChI=1S/C15H16F2N2O4S2/c1-10(19-25(21,22)13-3-2-8-24-13)14(20)18-9-11-4-6-12(7-5-11)23-15(16)17/h2-8,10,15,19H,9H2,1H3,(H,18,20). The second-order valence-corrected chi connectivity index (χ2v) is 7.90. The number of thiophene rings is 1. The Morgan fingerprint density at radius 1 is 1.24 bits per heavy atom. The van der Waals surface area contributed by atoms with Gasteiger partial charge in [0.25, 0.3) is 10.0 Å². The minimum atomic E-state index is -3.74. The number of ether oxygens (including phenoxy) is 1. The van der Waals surface area contributed by atoms with Crippen molar-refractivity contribution in [1.29, 1.82) is 0 Å². The lowest BCUT2D eigenvalue weighted by Crippen LogP contribution is -2.44. The van der Waals surface area contributed by atoms with Gasteiger partial charge in [-0.3, -0.25) is 4.79 Å². The van der Waals surface area contributed by atoms with Gasteiger partial charge in [0.1, 0.15) is 9.96 Å². The van der Waals surface area contributed by atoms with Crippen molar-refractivity contribution in [3.05, 3.63) is 47.3 Å². The van der Waals surface area contributed by atoms with Crippen LogP contribution < -0.4 is 14.8 Å². The quantitative estimate of drug-likeness (QED) is 0.725. The molecule has 2 N–H and O–H groups in total. The molecule has 0 aliphatic heterocycles. The van der Waals surface area contributed by atoms with Crippen LogP contribution in [0, 0.1) is 0 Å². The summed E-state index contributed by atoms with van der Waals surface area (Å²) in [7, 11) is -3.74. The summed E-state index contributed by atoms with van der Waals surface area (Å²) in [5, 5.41) is 4.20. The van der Waals surface area contributed by atoms with Crippen LogP contribution in [0.25, 0.3) is 0 Å². The molecule has 0 aliphatic rings. The summed E-state index contributed by atoms with van der Waals surface area (Å²) in [4.78, 5) is 12.0. The SMILES string of the molecule is CC(NS(=O)(=O)c1cccs1)C(=O)NCc1ccc(OC(F)F)cc1. The van der Waals surface area contributed by atoms with Gasteiger partial charge in [-0.25, -0.2) is 8.42 Å². The van der Waals surface area contributed by atoms with Crippen LogP contribution in [0.4, 0.5) is 8.78 Å². The molecule has 10 heteroatoms. The Morgan fingerprint density at radius 2 is 1.92 bits per heavy atom. The Balaban J connectivity index is 1.87. The molecule has 1 atom stereocenters. The number of alkyl halides is 2. The highest BCUT2D eigenvalue weighted by atomic mass is 32.2. The van der Waals surface area contributed by atoms with Crippen molar-refractivity contribution in [2.45, 2.75) is 30.3 Å². The number of nitrogens with one attached hydrogen (secondary N) is 2. The van der Waals surface area contributed by atoms with Gasteiger partial charge in [0.15, 0.2) is 0 Å². The van der Waals surface area contributed by atoms with Gasteiger partial charge < -0.3 is 10.1 Å². The average Bonchev–Trinajstić information content (AvgIpc) is 3.08. The lowest BCUT2D eigenvalue weighted by molar-refractivity contribution is -0.122. The Kier molecular flexibility index (Phi) is 6.45. The first-order valence-electron chi connectivity index (χ1n) is 7.15. The van der Waals surface area contributed by atoms with Crippen molar-refractivity contribution in [3.8, 4) is 5.75 Å². The predicted octanol–water partition coefficient (Wildman–Crippen LogP) is 2.33. The number of carbonyl (C=O) groups excluding carboxylic acids is 1. The first-order chi connectivity index (χ1) is 11.8. The minimum Gasteiger partial charge on any atom is -0.435 e. The summed E-state index contributed by atoms with van der Waals surface area (Å²) >= 11 is 1.05. The fourth-order valence-corrected chi connectivity index (χ4v) is 4.10. The van der Waals surface area contributed by atoms with Gasteiger partial charge in [0, 0.05) is 6.54 Å². The van der Waals surface area contributed by atoms with Crippen LogP contribution in [-0.4, -0.2) is 27.0 Å². The topological polar surface area (TPSA) is 84.5 Å². The molecule has 0 spiro atoms. The van der Waals surface area contributed by atoms with Crippen LogP contribution in [0.2, 0.25) is 0 Å². The fraction of sp³-hybridized carbons (Fsp3) is 0.267. The Labute approximate surface area is 147 Å². The van der Waals surface area contributed by atoms with Crippen molar-refractivity contribution < 1.29 is 26.7 Å². The monoisotopic (exact) mass is 390 g/mol. The molecule has 1 amide bonds. The van der Waals surface area contributed by atoms with Gasteiger partial charge in [-0.15, -0.1) is 11.3 Å². The zero-order valence-electron chi connectivity index (χ0n) is 13.1. The molecule has 0 bridgehead atoms. The molecule has 6 nitrogen and oxygen atoms in total.